The second-order valence-corrected chi connectivity index (χ2v) is 4.82. The fourth-order valence-corrected chi connectivity index (χ4v) is 2.04. The molecule has 8 heteroatoms. The minimum atomic E-state index is -0.320. The third kappa shape index (κ3) is 3.75. The molecule has 20 heavy (non-hydrogen) atoms. The Labute approximate surface area is 119 Å². The number of urea groups is 1. The lowest BCUT2D eigenvalue weighted by atomic mass is 10.3. The molecule has 0 bridgehead atoms. The molecule has 104 valence electrons. The highest BCUT2D eigenvalue weighted by Crippen LogP contribution is 2.12. The number of hydrogen-bond acceptors (Lipinski definition) is 5. The van der Waals surface area contributed by atoms with E-state index in [0.717, 1.165) is 11.3 Å². The van der Waals surface area contributed by atoms with E-state index in [9.17, 15) is 9.59 Å². The van der Waals surface area contributed by atoms with Gasteiger partial charge in [-0.1, -0.05) is 29.5 Å². The summed E-state index contributed by atoms with van der Waals surface area (Å²) in [6.45, 7) is 0.232. The van der Waals surface area contributed by atoms with Crippen molar-refractivity contribution in [3.63, 3.8) is 0 Å². The quantitative estimate of drug-likeness (QED) is 0.789. The van der Waals surface area contributed by atoms with Crippen molar-refractivity contribution in [2.75, 3.05) is 12.4 Å². The van der Waals surface area contributed by atoms with Crippen LogP contribution in [0.25, 0.3) is 0 Å². The van der Waals surface area contributed by atoms with Crippen LogP contribution in [0.5, 0.6) is 0 Å². The Morgan fingerprint density at radius 2 is 1.95 bits per heavy atom. The van der Waals surface area contributed by atoms with E-state index in [4.69, 9.17) is 0 Å². The standard InChI is InChI=1S/C12H13N5O2S/c1-13-12(19)14-7-9-16-17-11(20-9)10(18)15-8-5-3-2-4-6-8/h2-6H,7H2,1H3,(H,15,18)(H2,13,14,19). The second-order valence-electron chi connectivity index (χ2n) is 3.75. The zero-order chi connectivity index (χ0) is 14.4. The molecule has 0 saturated carbocycles. The molecule has 3 N–H and O–H groups in total. The van der Waals surface area contributed by atoms with E-state index < -0.39 is 0 Å². The average molecular weight is 291 g/mol. The Morgan fingerprint density at radius 3 is 2.65 bits per heavy atom. The average Bonchev–Trinajstić information content (AvgIpc) is 2.95. The summed E-state index contributed by atoms with van der Waals surface area (Å²) in [4.78, 5) is 22.9. The van der Waals surface area contributed by atoms with Gasteiger partial charge in [0.2, 0.25) is 5.01 Å². The van der Waals surface area contributed by atoms with Crippen molar-refractivity contribution < 1.29 is 9.59 Å². The minimum absolute atomic E-state index is 0.232. The monoisotopic (exact) mass is 291 g/mol. The van der Waals surface area contributed by atoms with Crippen molar-refractivity contribution in [3.05, 3.63) is 40.3 Å². The molecule has 1 aromatic carbocycles. The lowest BCUT2D eigenvalue weighted by molar-refractivity contribution is 0.102. The zero-order valence-electron chi connectivity index (χ0n) is 10.7. The van der Waals surface area contributed by atoms with Crippen LogP contribution in [0.3, 0.4) is 0 Å². The summed E-state index contributed by atoms with van der Waals surface area (Å²) in [7, 11) is 1.52. The van der Waals surface area contributed by atoms with E-state index in [0.29, 0.717) is 10.7 Å². The molecule has 0 saturated heterocycles. The smallest absolute Gasteiger partial charge is 0.314 e. The summed E-state index contributed by atoms with van der Waals surface area (Å²) in [6.07, 6.45) is 0. The van der Waals surface area contributed by atoms with Gasteiger partial charge in [0.05, 0.1) is 6.54 Å². The minimum Gasteiger partial charge on any atom is -0.341 e. The van der Waals surface area contributed by atoms with E-state index in [1.54, 1.807) is 12.1 Å². The maximum atomic E-state index is 11.9. The molecule has 7 nitrogen and oxygen atoms in total. The number of aromatic nitrogens is 2. The summed E-state index contributed by atoms with van der Waals surface area (Å²) in [6, 6.07) is 8.78. The first-order valence-electron chi connectivity index (χ1n) is 5.83. The van der Waals surface area contributed by atoms with Crippen molar-refractivity contribution in [1.29, 1.82) is 0 Å². The van der Waals surface area contributed by atoms with Crippen LogP contribution >= 0.6 is 11.3 Å². The molecule has 0 radical (unpaired) electrons. The lowest BCUT2D eigenvalue weighted by Crippen LogP contribution is -2.32. The van der Waals surface area contributed by atoms with E-state index in [1.807, 2.05) is 18.2 Å². The van der Waals surface area contributed by atoms with Crippen LogP contribution in [-0.4, -0.2) is 29.2 Å². The summed E-state index contributed by atoms with van der Waals surface area (Å²) >= 11 is 1.14. The molecule has 1 aromatic heterocycles. The fraction of sp³-hybridized carbons (Fsp3) is 0.167. The molecular formula is C12H13N5O2S. The summed E-state index contributed by atoms with van der Waals surface area (Å²) in [5.41, 5.74) is 0.692. The highest BCUT2D eigenvalue weighted by atomic mass is 32.1. The Morgan fingerprint density at radius 1 is 1.20 bits per heavy atom. The van der Waals surface area contributed by atoms with Crippen molar-refractivity contribution in [2.24, 2.45) is 0 Å². The first-order chi connectivity index (χ1) is 9.69. The molecule has 0 atom stereocenters. The fourth-order valence-electron chi connectivity index (χ4n) is 1.37. The summed E-state index contributed by atoms with van der Waals surface area (Å²) in [5, 5.41) is 16.2. The van der Waals surface area contributed by atoms with Gasteiger partial charge in [0.15, 0.2) is 0 Å². The van der Waals surface area contributed by atoms with Crippen LogP contribution < -0.4 is 16.0 Å². The molecule has 0 fully saturated rings. The number of hydrogen-bond donors (Lipinski definition) is 3. The Bertz CT molecular complexity index is 599. The van der Waals surface area contributed by atoms with Gasteiger partial charge < -0.3 is 16.0 Å². The molecule has 0 aliphatic carbocycles. The van der Waals surface area contributed by atoms with Gasteiger partial charge in [0.25, 0.3) is 5.91 Å². The number of anilines is 1. The molecule has 0 spiro atoms. The number of nitrogens with zero attached hydrogens (tertiary/aromatic N) is 2. The van der Waals surface area contributed by atoms with E-state index in [-0.39, 0.29) is 23.5 Å². The largest absolute Gasteiger partial charge is 0.341 e. The van der Waals surface area contributed by atoms with E-state index in [2.05, 4.69) is 26.1 Å². The van der Waals surface area contributed by atoms with Gasteiger partial charge in [-0.05, 0) is 12.1 Å². The molecule has 0 unspecified atom stereocenters. The molecule has 3 amide bonds. The summed E-state index contributed by atoms with van der Waals surface area (Å²) in [5.74, 6) is -0.320. The highest BCUT2D eigenvalue weighted by Gasteiger charge is 2.13. The van der Waals surface area contributed by atoms with Crippen molar-refractivity contribution in [3.8, 4) is 0 Å². The van der Waals surface area contributed by atoms with Crippen LogP contribution in [0.1, 0.15) is 14.8 Å². The van der Waals surface area contributed by atoms with Crippen LogP contribution in [0.15, 0.2) is 30.3 Å². The number of benzene rings is 1. The lowest BCUT2D eigenvalue weighted by Gasteiger charge is -2.01. The number of para-hydroxylation sites is 1. The number of carbonyl (C=O) groups is 2. The zero-order valence-corrected chi connectivity index (χ0v) is 11.5. The first-order valence-corrected chi connectivity index (χ1v) is 6.65. The molecular weight excluding hydrogens is 278 g/mol. The van der Waals surface area contributed by atoms with Gasteiger partial charge in [-0.15, -0.1) is 10.2 Å². The van der Waals surface area contributed by atoms with Gasteiger partial charge in [-0.2, -0.15) is 0 Å². The number of nitrogens with one attached hydrogen (secondary N) is 3. The van der Waals surface area contributed by atoms with E-state index >= 15 is 0 Å². The van der Waals surface area contributed by atoms with Crippen LogP contribution in [0, 0.1) is 0 Å². The predicted molar refractivity (Wildman–Crippen MR) is 75.6 cm³/mol. The topological polar surface area (TPSA) is 96.0 Å². The molecule has 1 heterocycles. The third-order valence-corrected chi connectivity index (χ3v) is 3.24. The van der Waals surface area contributed by atoms with E-state index in [1.165, 1.54) is 7.05 Å². The molecule has 2 aromatic rings. The summed E-state index contributed by atoms with van der Waals surface area (Å²) < 4.78 is 0. The Balaban J connectivity index is 1.94. The maximum absolute atomic E-state index is 11.9. The van der Waals surface area contributed by atoms with Gasteiger partial charge in [-0.25, -0.2) is 4.79 Å². The first kappa shape index (κ1) is 13.9. The van der Waals surface area contributed by atoms with Crippen LogP contribution in [0.4, 0.5) is 10.5 Å². The number of carbonyl (C=O) groups excluding carboxylic acids is 2. The van der Waals surface area contributed by atoms with Gasteiger partial charge >= 0.3 is 6.03 Å². The van der Waals surface area contributed by atoms with Crippen molar-refractivity contribution >= 4 is 29.0 Å². The van der Waals surface area contributed by atoms with Gasteiger partial charge in [-0.3, -0.25) is 4.79 Å². The Hall–Kier alpha value is -2.48. The number of rotatable bonds is 4. The SMILES string of the molecule is CNC(=O)NCc1nnc(C(=O)Nc2ccccc2)s1. The normalized spacial score (nSPS) is 9.85. The predicted octanol–water partition coefficient (Wildman–Crippen LogP) is 1.22. The van der Waals surface area contributed by atoms with Crippen molar-refractivity contribution in [2.45, 2.75) is 6.54 Å². The Kier molecular flexibility index (Phi) is 4.61. The van der Waals surface area contributed by atoms with Crippen LogP contribution in [0.2, 0.25) is 0 Å². The molecule has 0 aliphatic heterocycles. The third-order valence-electron chi connectivity index (χ3n) is 2.32. The maximum Gasteiger partial charge on any atom is 0.314 e. The van der Waals surface area contributed by atoms with Gasteiger partial charge in [0, 0.05) is 12.7 Å². The molecule has 0 aliphatic rings. The molecule has 2 rings (SSSR count). The highest BCUT2D eigenvalue weighted by molar-refractivity contribution is 7.13. The van der Waals surface area contributed by atoms with Gasteiger partial charge in [0.1, 0.15) is 5.01 Å². The van der Waals surface area contributed by atoms with Crippen molar-refractivity contribution in [1.82, 2.24) is 20.8 Å². The van der Waals surface area contributed by atoms with Crippen LogP contribution in [-0.2, 0) is 6.54 Å². The second kappa shape index (κ2) is 6.62. The number of amides is 3.